The van der Waals surface area contributed by atoms with E-state index in [4.69, 9.17) is 3.76 Å². The summed E-state index contributed by atoms with van der Waals surface area (Å²) in [7, 11) is 4.01. The first kappa shape index (κ1) is 55.3. The minimum atomic E-state index is -3.05. The fourth-order valence-electron chi connectivity index (χ4n) is 11.0. The monoisotopic (exact) mass is 1010 g/mol. The van der Waals surface area contributed by atoms with Crippen molar-refractivity contribution in [2.24, 2.45) is 0 Å². The van der Waals surface area contributed by atoms with Crippen molar-refractivity contribution in [3.8, 4) is 0 Å². The average molecular weight is 1010 g/mol. The Morgan fingerprint density at radius 2 is 0.629 bits per heavy atom. The van der Waals surface area contributed by atoms with E-state index in [0.717, 1.165) is 19.5 Å². The Morgan fingerprint density at radius 1 is 0.414 bits per heavy atom. The van der Waals surface area contributed by atoms with Crippen molar-refractivity contribution in [3.05, 3.63) is 142 Å². The van der Waals surface area contributed by atoms with Crippen molar-refractivity contribution >= 4 is 52.1 Å². The van der Waals surface area contributed by atoms with Gasteiger partial charge in [-0.1, -0.05) is 0 Å². The first-order valence-electron chi connectivity index (χ1n) is 26.4. The first-order chi connectivity index (χ1) is 32.8. The van der Waals surface area contributed by atoms with E-state index < -0.39 is 15.1 Å². The summed E-state index contributed by atoms with van der Waals surface area (Å²) in [5, 5.41) is 0. The smallest absolute Gasteiger partial charge is 0.412 e. The second kappa shape index (κ2) is 23.3. The summed E-state index contributed by atoms with van der Waals surface area (Å²) < 4.78 is 13.5. The van der Waals surface area contributed by atoms with E-state index >= 15 is 0 Å². The predicted octanol–water partition coefficient (Wildman–Crippen LogP) is 13.6. The van der Waals surface area contributed by atoms with E-state index in [-0.39, 0.29) is 19.7 Å². The zero-order chi connectivity index (χ0) is 50.2. The normalized spacial score (nSPS) is 16.4. The van der Waals surface area contributed by atoms with Gasteiger partial charge in [-0.15, -0.1) is 0 Å². The standard InChI is InChI=1S/C58H86B2GeN7O.H2O/c1-39(2)47-24-19-25-48(40(3)4)55(47)63-34-35-64(56-49(41(5)6)26-20-27-50(56)42(7)8)59(63)67-32-23-33-68(61(67)69-38-62(17)18)60-65(57-51(43(9)10)28-21-29-52(57)44(11)12)36-37-66(60)58-53(45(13)14)30-22-31-54(58)46(15)16;/h19-22,24-31,34-37,39-46H,23,32-33,38H2,1-18H3;1H2. The molecule has 4 aromatic rings. The molecule has 3 heterocycles. The third-order valence-corrected chi connectivity index (χ3v) is 19.3. The van der Waals surface area contributed by atoms with E-state index in [1.165, 1.54) is 67.3 Å². The maximum atomic E-state index is 7.74. The van der Waals surface area contributed by atoms with Gasteiger partial charge in [0.15, 0.2) is 0 Å². The van der Waals surface area contributed by atoms with Crippen LogP contribution in [0.1, 0.15) is 209 Å². The number of rotatable bonds is 17. The minimum Gasteiger partial charge on any atom is -0.412 e. The van der Waals surface area contributed by atoms with Crippen LogP contribution in [0.2, 0.25) is 0 Å². The van der Waals surface area contributed by atoms with Gasteiger partial charge in [0, 0.05) is 0 Å². The molecule has 1 radical (unpaired) electrons. The summed E-state index contributed by atoms with van der Waals surface area (Å²) >= 11 is -3.05. The van der Waals surface area contributed by atoms with Gasteiger partial charge in [0.1, 0.15) is 0 Å². The molecule has 12 heteroatoms. The quantitative estimate of drug-likeness (QED) is 0.0766. The molecule has 0 aromatic heterocycles. The number of para-hydroxylation sites is 4. The van der Waals surface area contributed by atoms with Crippen LogP contribution >= 0.6 is 0 Å². The molecule has 0 saturated carbocycles. The van der Waals surface area contributed by atoms with E-state index in [2.05, 4.69) is 254 Å². The number of hydrogen-bond acceptors (Lipinski definition) is 8. The predicted molar refractivity (Wildman–Crippen MR) is 305 cm³/mol. The van der Waals surface area contributed by atoms with Gasteiger partial charge in [-0.2, -0.15) is 0 Å². The first-order valence-corrected chi connectivity index (χ1v) is 29.2. The van der Waals surface area contributed by atoms with Crippen LogP contribution in [-0.2, 0) is 3.76 Å². The third kappa shape index (κ3) is 10.9. The van der Waals surface area contributed by atoms with Gasteiger partial charge in [0.2, 0.25) is 0 Å². The number of anilines is 4. The fourth-order valence-corrected chi connectivity index (χ4v) is 16.5. The molecule has 2 N–H and O–H groups in total. The molecule has 0 bridgehead atoms. The molecule has 3 aliphatic heterocycles. The Labute approximate surface area is 431 Å². The summed E-state index contributed by atoms with van der Waals surface area (Å²) in [6, 6.07) is 28.1. The Bertz CT molecular complexity index is 2040. The molecule has 0 unspecified atom stereocenters. The summed E-state index contributed by atoms with van der Waals surface area (Å²) in [5.74, 6) is 2.73. The van der Waals surface area contributed by atoms with Crippen molar-refractivity contribution in [3.63, 3.8) is 0 Å². The summed E-state index contributed by atoms with van der Waals surface area (Å²) in [4.78, 5) is 12.9. The minimum absolute atomic E-state index is 0. The van der Waals surface area contributed by atoms with Crippen LogP contribution in [0.4, 0.5) is 22.7 Å². The maximum Gasteiger partial charge on any atom is -0.412 e. The van der Waals surface area contributed by atoms with Gasteiger partial charge in [-0.05, 0) is 0 Å². The van der Waals surface area contributed by atoms with Crippen molar-refractivity contribution in [2.45, 2.75) is 165 Å². The molecule has 1 saturated heterocycles. The van der Waals surface area contributed by atoms with Gasteiger partial charge in [-0.3, -0.25) is 0 Å². The molecule has 0 atom stereocenters. The van der Waals surface area contributed by atoms with Crippen LogP contribution in [0, 0.1) is 0 Å². The number of hydrogen-bond donors (Lipinski definition) is 0. The molecule has 3 aliphatic rings. The molecule has 0 amide bonds. The van der Waals surface area contributed by atoms with Crippen LogP contribution in [0.25, 0.3) is 0 Å². The summed E-state index contributed by atoms with van der Waals surface area (Å²) in [6.07, 6.45) is 10.7. The summed E-state index contributed by atoms with van der Waals surface area (Å²) in [5.41, 5.74) is 16.5. The molecule has 9 nitrogen and oxygen atoms in total. The molecule has 0 aliphatic carbocycles. The zero-order valence-corrected chi connectivity index (χ0v) is 48.5. The topological polar surface area (TPSA) is 63.4 Å². The van der Waals surface area contributed by atoms with Crippen LogP contribution in [0.15, 0.2) is 97.6 Å². The maximum absolute atomic E-state index is 7.74. The van der Waals surface area contributed by atoms with E-state index in [1.807, 2.05) is 0 Å². The van der Waals surface area contributed by atoms with Gasteiger partial charge < -0.3 is 5.48 Å². The number of benzene rings is 4. The molecular weight excluding hydrogens is 921 g/mol. The van der Waals surface area contributed by atoms with Gasteiger partial charge >= 0.3 is 428 Å². The van der Waals surface area contributed by atoms with Crippen molar-refractivity contribution in [2.75, 3.05) is 53.2 Å². The van der Waals surface area contributed by atoms with E-state index in [9.17, 15) is 0 Å². The third-order valence-electron chi connectivity index (χ3n) is 14.5. The molecule has 377 valence electrons. The Morgan fingerprint density at radius 3 is 0.814 bits per heavy atom. The molecular formula is C58H88B2GeN7O2. The summed E-state index contributed by atoms with van der Waals surface area (Å²) in [6.45, 7) is 40.2. The van der Waals surface area contributed by atoms with Crippen LogP contribution in [0.3, 0.4) is 0 Å². The Hall–Kier alpha value is -3.97. The second-order valence-electron chi connectivity index (χ2n) is 22.7. The molecule has 1 fully saturated rings. The van der Waals surface area contributed by atoms with E-state index in [1.54, 1.807) is 0 Å². The van der Waals surface area contributed by atoms with E-state index in [0.29, 0.717) is 54.1 Å². The average Bonchev–Trinajstić information content (AvgIpc) is 3.94. The number of nitrogens with zero attached hydrogens (tertiary/aromatic N) is 7. The molecule has 70 heavy (non-hydrogen) atoms. The van der Waals surface area contributed by atoms with Crippen molar-refractivity contribution in [1.29, 1.82) is 0 Å². The largest absolute Gasteiger partial charge is 0.412 e. The van der Waals surface area contributed by atoms with Crippen LogP contribution < -0.4 is 19.2 Å². The Kier molecular flexibility index (Phi) is 18.4. The second-order valence-corrected chi connectivity index (χ2v) is 26.9. The van der Waals surface area contributed by atoms with Gasteiger partial charge in [-0.25, -0.2) is 0 Å². The SMILES string of the molecule is CC(C)c1cccc(C(C)C)c1N1C=CN(c2c(C(C)C)cccc2C(C)C)B1[N]1CCC[N](B2N(c3c(C(C)C)cccc3C(C)C)C=CN2c2c(C(C)C)cccc2C(C)C)[Ge]1[O]CN(C)C.O. The van der Waals surface area contributed by atoms with Crippen LogP contribution in [0.5, 0.6) is 0 Å². The van der Waals surface area contributed by atoms with Crippen LogP contribution in [-0.4, -0.2) is 81.2 Å². The zero-order valence-electron chi connectivity index (χ0n) is 46.4. The van der Waals surface area contributed by atoms with Gasteiger partial charge in [0.05, 0.1) is 0 Å². The van der Waals surface area contributed by atoms with Crippen molar-refractivity contribution < 1.29 is 9.24 Å². The molecule has 0 spiro atoms. The fraction of sp³-hybridized carbons (Fsp3) is 0.517. The van der Waals surface area contributed by atoms with Gasteiger partial charge in [0.25, 0.3) is 0 Å². The van der Waals surface area contributed by atoms with Crippen molar-refractivity contribution in [1.82, 2.24) is 12.4 Å². The molecule has 4 aromatic carbocycles. The Balaban J connectivity index is 0.00000804. The molecule has 7 rings (SSSR count).